The van der Waals surface area contributed by atoms with E-state index in [9.17, 15) is 4.79 Å². The zero-order chi connectivity index (χ0) is 12.4. The maximum absolute atomic E-state index is 12.5. The number of hydrogen-bond donors (Lipinski definition) is 0. The predicted octanol–water partition coefficient (Wildman–Crippen LogP) is 2.93. The molecule has 0 amide bonds. The van der Waals surface area contributed by atoms with Gasteiger partial charge in [0.1, 0.15) is 5.78 Å². The van der Waals surface area contributed by atoms with Crippen molar-refractivity contribution in [3.63, 3.8) is 0 Å². The molecule has 0 saturated heterocycles. The fourth-order valence-electron chi connectivity index (χ4n) is 2.45. The van der Waals surface area contributed by atoms with Gasteiger partial charge in [0.2, 0.25) is 0 Å². The molecule has 1 saturated carbocycles. The summed E-state index contributed by atoms with van der Waals surface area (Å²) < 4.78 is 0. The van der Waals surface area contributed by atoms with Gasteiger partial charge in [0.05, 0.1) is 5.41 Å². The summed E-state index contributed by atoms with van der Waals surface area (Å²) in [5.74, 6) is 0.299. The van der Waals surface area contributed by atoms with E-state index in [0.717, 1.165) is 24.1 Å². The molecular formula is C16H15NO. The Hall–Kier alpha value is -1.96. The summed E-state index contributed by atoms with van der Waals surface area (Å²) in [4.78, 5) is 16.7. The van der Waals surface area contributed by atoms with Crippen molar-refractivity contribution in [3.05, 3.63) is 66.0 Å². The van der Waals surface area contributed by atoms with E-state index in [0.29, 0.717) is 12.2 Å². The Morgan fingerprint density at radius 3 is 2.39 bits per heavy atom. The van der Waals surface area contributed by atoms with Crippen LogP contribution in [0.5, 0.6) is 0 Å². The van der Waals surface area contributed by atoms with Gasteiger partial charge in [-0.15, -0.1) is 0 Å². The first kappa shape index (κ1) is 11.1. The molecule has 3 rings (SSSR count). The summed E-state index contributed by atoms with van der Waals surface area (Å²) >= 11 is 0. The third-order valence-corrected chi connectivity index (χ3v) is 3.68. The Kier molecular flexibility index (Phi) is 2.71. The Bertz CT molecular complexity index is 544. The van der Waals surface area contributed by atoms with Crippen LogP contribution in [0.2, 0.25) is 0 Å². The van der Waals surface area contributed by atoms with Gasteiger partial charge in [-0.3, -0.25) is 9.78 Å². The topological polar surface area (TPSA) is 30.0 Å². The van der Waals surface area contributed by atoms with Crippen LogP contribution in [0.3, 0.4) is 0 Å². The van der Waals surface area contributed by atoms with Crippen molar-refractivity contribution in [2.75, 3.05) is 0 Å². The molecule has 90 valence electrons. The van der Waals surface area contributed by atoms with Crippen molar-refractivity contribution < 1.29 is 4.79 Å². The van der Waals surface area contributed by atoms with E-state index in [1.54, 1.807) is 6.20 Å². The first-order chi connectivity index (χ1) is 8.81. The van der Waals surface area contributed by atoms with E-state index in [-0.39, 0.29) is 5.41 Å². The van der Waals surface area contributed by atoms with Crippen LogP contribution in [0.15, 0.2) is 54.7 Å². The fraction of sp³-hybridized carbons (Fsp3) is 0.250. The highest BCUT2D eigenvalue weighted by Crippen LogP contribution is 2.49. The van der Waals surface area contributed by atoms with E-state index in [1.807, 2.05) is 36.4 Å². The molecule has 1 aliphatic carbocycles. The van der Waals surface area contributed by atoms with E-state index in [4.69, 9.17) is 0 Å². The van der Waals surface area contributed by atoms with Crippen molar-refractivity contribution in [2.45, 2.75) is 24.7 Å². The highest BCUT2D eigenvalue weighted by atomic mass is 16.1. The second-order valence-corrected chi connectivity index (χ2v) is 4.87. The average molecular weight is 237 g/mol. The maximum Gasteiger partial charge on any atom is 0.149 e. The molecule has 0 aliphatic heterocycles. The van der Waals surface area contributed by atoms with Crippen molar-refractivity contribution in [1.82, 2.24) is 4.98 Å². The Balaban J connectivity index is 1.81. The van der Waals surface area contributed by atoms with Crippen LogP contribution in [0.4, 0.5) is 0 Å². The normalized spacial score (nSPS) is 16.2. The van der Waals surface area contributed by atoms with Gasteiger partial charge in [-0.1, -0.05) is 36.4 Å². The van der Waals surface area contributed by atoms with Crippen molar-refractivity contribution in [1.29, 1.82) is 0 Å². The van der Waals surface area contributed by atoms with Crippen LogP contribution in [-0.4, -0.2) is 10.8 Å². The van der Waals surface area contributed by atoms with Crippen LogP contribution in [0, 0.1) is 0 Å². The number of nitrogens with zero attached hydrogens (tertiary/aromatic N) is 1. The number of hydrogen-bond acceptors (Lipinski definition) is 2. The summed E-state index contributed by atoms with van der Waals surface area (Å²) in [6, 6.07) is 15.8. The van der Waals surface area contributed by atoms with Crippen molar-refractivity contribution in [2.24, 2.45) is 0 Å². The second-order valence-electron chi connectivity index (χ2n) is 4.87. The molecule has 0 spiro atoms. The fourth-order valence-corrected chi connectivity index (χ4v) is 2.45. The molecule has 2 aromatic rings. The number of pyridine rings is 1. The molecular weight excluding hydrogens is 222 g/mol. The minimum Gasteiger partial charge on any atom is -0.298 e. The highest BCUT2D eigenvalue weighted by molar-refractivity contribution is 5.94. The Labute approximate surface area is 107 Å². The first-order valence-corrected chi connectivity index (χ1v) is 6.30. The number of ketones is 1. The lowest BCUT2D eigenvalue weighted by Gasteiger charge is -2.14. The molecule has 18 heavy (non-hydrogen) atoms. The standard InChI is InChI=1S/C16H15NO/c18-15(12-14-8-4-5-11-17-14)16(9-10-16)13-6-2-1-3-7-13/h1-8,11H,9-10,12H2. The minimum atomic E-state index is -0.223. The van der Waals surface area contributed by atoms with Gasteiger partial charge >= 0.3 is 0 Å². The van der Waals surface area contributed by atoms with E-state index in [1.165, 1.54) is 0 Å². The van der Waals surface area contributed by atoms with Crippen LogP contribution in [0.25, 0.3) is 0 Å². The van der Waals surface area contributed by atoms with Gasteiger partial charge in [-0.2, -0.15) is 0 Å². The van der Waals surface area contributed by atoms with Gasteiger partial charge in [-0.05, 0) is 30.5 Å². The average Bonchev–Trinajstić information content (AvgIpc) is 3.22. The van der Waals surface area contributed by atoms with Crippen LogP contribution in [0.1, 0.15) is 24.1 Å². The summed E-state index contributed by atoms with van der Waals surface area (Å²) in [7, 11) is 0. The largest absolute Gasteiger partial charge is 0.298 e. The number of carbonyl (C=O) groups is 1. The van der Waals surface area contributed by atoms with Crippen LogP contribution < -0.4 is 0 Å². The molecule has 1 aromatic heterocycles. The number of aromatic nitrogens is 1. The first-order valence-electron chi connectivity index (χ1n) is 6.30. The monoisotopic (exact) mass is 237 g/mol. The zero-order valence-corrected chi connectivity index (χ0v) is 10.2. The molecule has 0 bridgehead atoms. The van der Waals surface area contributed by atoms with Crippen molar-refractivity contribution in [3.8, 4) is 0 Å². The number of benzene rings is 1. The molecule has 2 nitrogen and oxygen atoms in total. The summed E-state index contributed by atoms with van der Waals surface area (Å²) in [6.45, 7) is 0. The van der Waals surface area contributed by atoms with Gasteiger partial charge in [0, 0.05) is 18.3 Å². The van der Waals surface area contributed by atoms with Gasteiger partial charge in [-0.25, -0.2) is 0 Å². The molecule has 0 atom stereocenters. The Morgan fingerprint density at radius 2 is 1.78 bits per heavy atom. The van der Waals surface area contributed by atoms with E-state index in [2.05, 4.69) is 17.1 Å². The minimum absolute atomic E-state index is 0.223. The molecule has 2 heteroatoms. The smallest absolute Gasteiger partial charge is 0.149 e. The number of Topliss-reactive ketones (excluding diaryl/α,β-unsaturated/α-hetero) is 1. The molecule has 1 aromatic carbocycles. The molecule has 1 heterocycles. The number of carbonyl (C=O) groups excluding carboxylic acids is 1. The molecule has 0 radical (unpaired) electrons. The number of rotatable bonds is 4. The highest BCUT2D eigenvalue weighted by Gasteiger charge is 2.50. The SMILES string of the molecule is O=C(Cc1ccccn1)C1(c2ccccc2)CC1. The molecule has 0 unspecified atom stereocenters. The lowest BCUT2D eigenvalue weighted by molar-refractivity contribution is -0.120. The van der Waals surface area contributed by atoms with E-state index >= 15 is 0 Å². The molecule has 1 fully saturated rings. The molecule has 1 aliphatic rings. The van der Waals surface area contributed by atoms with Gasteiger partial charge < -0.3 is 0 Å². The maximum atomic E-state index is 12.5. The van der Waals surface area contributed by atoms with E-state index < -0.39 is 0 Å². The third-order valence-electron chi connectivity index (χ3n) is 3.68. The summed E-state index contributed by atoms with van der Waals surface area (Å²) in [6.07, 6.45) is 4.13. The zero-order valence-electron chi connectivity index (χ0n) is 10.2. The molecule has 0 N–H and O–H groups in total. The van der Waals surface area contributed by atoms with Gasteiger partial charge in [0.25, 0.3) is 0 Å². The third kappa shape index (κ3) is 1.94. The second kappa shape index (κ2) is 4.37. The summed E-state index contributed by atoms with van der Waals surface area (Å²) in [5.41, 5.74) is 1.80. The van der Waals surface area contributed by atoms with Crippen LogP contribution >= 0.6 is 0 Å². The van der Waals surface area contributed by atoms with Crippen LogP contribution in [-0.2, 0) is 16.6 Å². The Morgan fingerprint density at radius 1 is 1.06 bits per heavy atom. The lowest BCUT2D eigenvalue weighted by Crippen LogP contribution is -2.22. The predicted molar refractivity (Wildman–Crippen MR) is 70.3 cm³/mol. The summed E-state index contributed by atoms with van der Waals surface area (Å²) in [5, 5.41) is 0. The lowest BCUT2D eigenvalue weighted by atomic mass is 9.89. The van der Waals surface area contributed by atoms with Crippen molar-refractivity contribution >= 4 is 5.78 Å². The quantitative estimate of drug-likeness (QED) is 0.818. The van der Waals surface area contributed by atoms with Gasteiger partial charge in [0.15, 0.2) is 0 Å².